The van der Waals surface area contributed by atoms with Gasteiger partial charge in [-0.05, 0) is 36.8 Å². The van der Waals surface area contributed by atoms with Crippen molar-refractivity contribution in [3.63, 3.8) is 0 Å². The minimum atomic E-state index is -3.87. The van der Waals surface area contributed by atoms with Crippen molar-refractivity contribution in [1.29, 1.82) is 0 Å². The fraction of sp³-hybridized carbons (Fsp3) is 0.0588. The monoisotopic (exact) mass is 358 g/mol. The molecule has 0 saturated carbocycles. The Morgan fingerprint density at radius 3 is 2.29 bits per heavy atom. The van der Waals surface area contributed by atoms with Crippen molar-refractivity contribution < 1.29 is 13.2 Å². The lowest BCUT2D eigenvalue weighted by atomic mass is 10.1. The molecule has 1 N–H and O–H groups in total. The maximum Gasteiger partial charge on any atom is 0.264 e. The van der Waals surface area contributed by atoms with Crippen LogP contribution in [0.5, 0.6) is 0 Å². The Hall–Kier alpha value is -2.51. The number of rotatable bonds is 4. The Morgan fingerprint density at radius 2 is 1.71 bits per heavy atom. The van der Waals surface area contributed by atoms with E-state index in [1.165, 1.54) is 12.1 Å². The summed E-state index contributed by atoms with van der Waals surface area (Å²) in [7, 11) is -3.87. The van der Waals surface area contributed by atoms with Crippen LogP contribution in [0.4, 0.5) is 0 Å². The lowest BCUT2D eigenvalue weighted by molar-refractivity contribution is 0.0981. The molecule has 1 aromatic heterocycles. The summed E-state index contributed by atoms with van der Waals surface area (Å²) in [5.41, 5.74) is 1.21. The number of hydrogen-bond donors (Lipinski definition) is 1. The third kappa shape index (κ3) is 3.52. The Bertz CT molecular complexity index is 963. The fourth-order valence-corrected chi connectivity index (χ4v) is 3.90. The minimum Gasteiger partial charge on any atom is -0.268 e. The maximum atomic E-state index is 12.2. The van der Waals surface area contributed by atoms with Crippen LogP contribution in [-0.2, 0) is 10.0 Å². The highest BCUT2D eigenvalue weighted by Crippen LogP contribution is 2.25. The van der Waals surface area contributed by atoms with Crippen LogP contribution in [0.1, 0.15) is 15.4 Å². The molecule has 0 bridgehead atoms. The molecule has 0 atom stereocenters. The molecule has 1 heterocycles. The van der Waals surface area contributed by atoms with Crippen molar-refractivity contribution in [2.24, 2.45) is 0 Å². The van der Waals surface area contributed by atoms with E-state index >= 15 is 0 Å². The van der Waals surface area contributed by atoms with Crippen LogP contribution in [0.3, 0.4) is 0 Å². The van der Waals surface area contributed by atoms with E-state index in [4.69, 9.17) is 0 Å². The van der Waals surface area contributed by atoms with Gasteiger partial charge in [-0.2, -0.15) is 0 Å². The quantitative estimate of drug-likeness (QED) is 0.777. The highest BCUT2D eigenvalue weighted by Gasteiger charge is 2.18. The summed E-state index contributed by atoms with van der Waals surface area (Å²) >= 11 is 1.55. The number of nitrogens with one attached hydrogen (secondary N) is 1. The van der Waals surface area contributed by atoms with Crippen molar-refractivity contribution in [2.45, 2.75) is 11.8 Å². The van der Waals surface area contributed by atoms with E-state index < -0.39 is 15.9 Å². The molecule has 5 nitrogen and oxygen atoms in total. The summed E-state index contributed by atoms with van der Waals surface area (Å²) in [6.45, 7) is 1.92. The molecule has 1 amide bonds. The number of aromatic nitrogens is 1. The molecule has 0 radical (unpaired) electrons. The number of carbonyl (C=O) groups excluding carboxylic acids is 1. The van der Waals surface area contributed by atoms with Gasteiger partial charge in [0.25, 0.3) is 15.9 Å². The zero-order valence-electron chi connectivity index (χ0n) is 12.8. The van der Waals surface area contributed by atoms with Gasteiger partial charge in [0.2, 0.25) is 0 Å². The second-order valence-corrected chi connectivity index (χ2v) is 7.99. The fourth-order valence-electron chi connectivity index (χ4n) is 2.12. The van der Waals surface area contributed by atoms with Crippen molar-refractivity contribution in [2.75, 3.05) is 0 Å². The third-order valence-electron chi connectivity index (χ3n) is 3.33. The first-order valence-corrected chi connectivity index (χ1v) is 9.41. The Kier molecular flexibility index (Phi) is 4.46. The molecule has 0 saturated heterocycles. The van der Waals surface area contributed by atoms with E-state index in [-0.39, 0.29) is 10.5 Å². The van der Waals surface area contributed by atoms with Crippen LogP contribution < -0.4 is 4.72 Å². The summed E-state index contributed by atoms with van der Waals surface area (Å²) in [6, 6.07) is 14.5. The molecular weight excluding hydrogens is 344 g/mol. The number of thiazole rings is 1. The van der Waals surface area contributed by atoms with Gasteiger partial charge in [0.05, 0.1) is 14.8 Å². The van der Waals surface area contributed by atoms with Gasteiger partial charge < -0.3 is 0 Å². The normalized spacial score (nSPS) is 11.2. The van der Waals surface area contributed by atoms with Gasteiger partial charge >= 0.3 is 0 Å². The molecule has 0 aliphatic heterocycles. The number of amides is 1. The molecule has 0 unspecified atom stereocenters. The molecule has 0 aliphatic rings. The number of aryl methyl sites for hydroxylation is 1. The van der Waals surface area contributed by atoms with Crippen LogP contribution >= 0.6 is 11.3 Å². The zero-order chi connectivity index (χ0) is 17.2. The number of carbonyl (C=O) groups is 1. The van der Waals surface area contributed by atoms with Crippen molar-refractivity contribution in [3.8, 4) is 10.4 Å². The van der Waals surface area contributed by atoms with E-state index in [1.54, 1.807) is 60.0 Å². The molecule has 0 spiro atoms. The Labute approximate surface area is 144 Å². The molecule has 24 heavy (non-hydrogen) atoms. The topological polar surface area (TPSA) is 76.1 Å². The SMILES string of the molecule is Cc1ncc(-c2ccc(C(=O)NS(=O)(=O)c3ccccc3)cc2)s1. The van der Waals surface area contributed by atoms with Gasteiger partial charge in [-0.25, -0.2) is 18.1 Å². The van der Waals surface area contributed by atoms with Gasteiger partial charge in [-0.15, -0.1) is 11.3 Å². The summed E-state index contributed by atoms with van der Waals surface area (Å²) in [6.07, 6.45) is 1.77. The lowest BCUT2D eigenvalue weighted by Crippen LogP contribution is -2.30. The number of nitrogens with zero attached hydrogens (tertiary/aromatic N) is 1. The first-order chi connectivity index (χ1) is 11.5. The minimum absolute atomic E-state index is 0.0510. The van der Waals surface area contributed by atoms with E-state index in [2.05, 4.69) is 9.71 Å². The van der Waals surface area contributed by atoms with Crippen molar-refractivity contribution >= 4 is 27.3 Å². The van der Waals surface area contributed by atoms with Crippen LogP contribution in [0.25, 0.3) is 10.4 Å². The highest BCUT2D eigenvalue weighted by molar-refractivity contribution is 7.90. The zero-order valence-corrected chi connectivity index (χ0v) is 14.4. The van der Waals surface area contributed by atoms with E-state index in [0.717, 1.165) is 15.4 Å². The summed E-state index contributed by atoms with van der Waals surface area (Å²) in [5.74, 6) is -0.661. The van der Waals surface area contributed by atoms with E-state index in [0.29, 0.717) is 0 Å². The molecule has 2 aromatic carbocycles. The van der Waals surface area contributed by atoms with Gasteiger partial charge in [0, 0.05) is 11.8 Å². The smallest absolute Gasteiger partial charge is 0.264 e. The standard InChI is InChI=1S/C17H14N2O3S2/c1-12-18-11-16(23-12)13-7-9-14(10-8-13)17(20)19-24(21,22)15-5-3-2-4-6-15/h2-11H,1H3,(H,19,20). The van der Waals surface area contributed by atoms with Gasteiger partial charge in [-0.3, -0.25) is 4.79 Å². The number of benzene rings is 2. The van der Waals surface area contributed by atoms with E-state index in [9.17, 15) is 13.2 Å². The number of sulfonamides is 1. The van der Waals surface area contributed by atoms with Crippen molar-refractivity contribution in [1.82, 2.24) is 9.71 Å². The molecular formula is C17H14N2O3S2. The predicted octanol–water partition coefficient (Wildman–Crippen LogP) is 3.24. The molecule has 7 heteroatoms. The molecule has 0 fully saturated rings. The van der Waals surface area contributed by atoms with Crippen LogP contribution in [-0.4, -0.2) is 19.3 Å². The maximum absolute atomic E-state index is 12.2. The first kappa shape index (κ1) is 16.4. The Morgan fingerprint density at radius 1 is 1.04 bits per heavy atom. The highest BCUT2D eigenvalue weighted by atomic mass is 32.2. The molecule has 3 rings (SSSR count). The average molecular weight is 358 g/mol. The largest absolute Gasteiger partial charge is 0.268 e. The van der Waals surface area contributed by atoms with Crippen molar-refractivity contribution in [3.05, 3.63) is 71.4 Å². The number of hydrogen-bond acceptors (Lipinski definition) is 5. The summed E-state index contributed by atoms with van der Waals surface area (Å²) in [4.78, 5) is 17.4. The predicted molar refractivity (Wildman–Crippen MR) is 93.4 cm³/mol. The summed E-state index contributed by atoms with van der Waals surface area (Å²) in [5, 5.41) is 0.959. The second kappa shape index (κ2) is 6.54. The van der Waals surface area contributed by atoms with Gasteiger partial charge in [0.1, 0.15) is 0 Å². The second-order valence-electron chi connectivity index (χ2n) is 5.07. The lowest BCUT2D eigenvalue weighted by Gasteiger charge is -2.07. The van der Waals surface area contributed by atoms with E-state index in [1.807, 2.05) is 6.92 Å². The third-order valence-corrected chi connectivity index (χ3v) is 5.64. The summed E-state index contributed by atoms with van der Waals surface area (Å²) < 4.78 is 26.4. The average Bonchev–Trinajstić information content (AvgIpc) is 3.02. The molecule has 0 aliphatic carbocycles. The Balaban J connectivity index is 1.78. The molecule has 122 valence electrons. The van der Waals surface area contributed by atoms with Crippen LogP contribution in [0, 0.1) is 6.92 Å². The van der Waals surface area contributed by atoms with Gasteiger partial charge in [-0.1, -0.05) is 30.3 Å². The first-order valence-electron chi connectivity index (χ1n) is 7.11. The molecule has 3 aromatic rings. The van der Waals surface area contributed by atoms with Crippen LogP contribution in [0.2, 0.25) is 0 Å². The van der Waals surface area contributed by atoms with Crippen LogP contribution in [0.15, 0.2) is 65.7 Å². The van der Waals surface area contributed by atoms with Gasteiger partial charge in [0.15, 0.2) is 0 Å².